The summed E-state index contributed by atoms with van der Waals surface area (Å²) in [5, 5.41) is 26.0. The number of phenols is 1. The number of rotatable bonds is 6. The highest BCUT2D eigenvalue weighted by molar-refractivity contribution is 5.85. The molecule has 8 heteroatoms. The molecule has 0 unspecified atom stereocenters. The number of hydrazone groups is 1. The Balaban J connectivity index is 1.53. The summed E-state index contributed by atoms with van der Waals surface area (Å²) in [5.41, 5.74) is 2.28. The average Bonchev–Trinajstić information content (AvgIpc) is 2.66. The van der Waals surface area contributed by atoms with Gasteiger partial charge in [0.1, 0.15) is 5.75 Å². The van der Waals surface area contributed by atoms with Crippen LogP contribution in [0.15, 0.2) is 65.8 Å². The summed E-state index contributed by atoms with van der Waals surface area (Å²) in [4.78, 5) is 21.7. The van der Waals surface area contributed by atoms with E-state index in [1.54, 1.807) is 6.07 Å². The molecule has 0 saturated carbocycles. The molecule has 0 fully saturated rings. The summed E-state index contributed by atoms with van der Waals surface area (Å²) >= 11 is 0. The molecule has 136 valence electrons. The maximum Gasteiger partial charge on any atom is 0.310 e. The largest absolute Gasteiger partial charge is 0.502 e. The summed E-state index contributed by atoms with van der Waals surface area (Å²) in [5.74, 6) is -0.381. The van der Waals surface area contributed by atoms with Crippen LogP contribution in [0.4, 0.5) is 5.69 Å². The lowest BCUT2D eigenvalue weighted by Crippen LogP contribution is -2.24. The maximum atomic E-state index is 11.8. The highest BCUT2D eigenvalue weighted by Crippen LogP contribution is 2.25. The first-order chi connectivity index (χ1) is 13.0. The fourth-order valence-electron chi connectivity index (χ4n) is 2.39. The van der Waals surface area contributed by atoms with Gasteiger partial charge >= 0.3 is 5.69 Å². The Hall–Kier alpha value is -3.94. The normalized spacial score (nSPS) is 10.8. The van der Waals surface area contributed by atoms with E-state index in [1.165, 1.54) is 18.3 Å². The van der Waals surface area contributed by atoms with Crippen LogP contribution in [-0.4, -0.2) is 28.8 Å². The number of carbonyl (C=O) groups is 1. The van der Waals surface area contributed by atoms with Crippen molar-refractivity contribution in [2.75, 3.05) is 6.61 Å². The van der Waals surface area contributed by atoms with Crippen molar-refractivity contribution in [2.45, 2.75) is 0 Å². The number of carbonyl (C=O) groups excluding carboxylic acids is 1. The number of benzene rings is 3. The standard InChI is InChI=1S/C19H15N3O5/c23-18-9-13(5-8-17(18)22(25)26)11-20-21-19(24)12-27-16-7-6-14-3-1-2-4-15(14)10-16/h1-11,23H,12H2,(H,21,24)/b20-11+. The minimum absolute atomic E-state index is 0.221. The van der Waals surface area contributed by atoms with E-state index in [0.717, 1.165) is 16.8 Å². The van der Waals surface area contributed by atoms with Crippen molar-refractivity contribution in [1.29, 1.82) is 0 Å². The van der Waals surface area contributed by atoms with Crippen molar-refractivity contribution in [2.24, 2.45) is 5.10 Å². The van der Waals surface area contributed by atoms with Crippen molar-refractivity contribution in [3.63, 3.8) is 0 Å². The molecule has 0 heterocycles. The van der Waals surface area contributed by atoms with Gasteiger partial charge in [-0.15, -0.1) is 0 Å². The summed E-state index contributed by atoms with van der Waals surface area (Å²) in [6.07, 6.45) is 1.26. The van der Waals surface area contributed by atoms with E-state index in [-0.39, 0.29) is 6.61 Å². The Bertz CT molecular complexity index is 1030. The van der Waals surface area contributed by atoms with Crippen LogP contribution in [0, 0.1) is 10.1 Å². The number of nitro benzene ring substituents is 1. The van der Waals surface area contributed by atoms with Crippen molar-refractivity contribution in [3.8, 4) is 11.5 Å². The van der Waals surface area contributed by atoms with Crippen LogP contribution >= 0.6 is 0 Å². The van der Waals surface area contributed by atoms with Gasteiger partial charge in [0.15, 0.2) is 12.4 Å². The number of hydrogen-bond donors (Lipinski definition) is 2. The van der Waals surface area contributed by atoms with Crippen LogP contribution in [0.2, 0.25) is 0 Å². The van der Waals surface area contributed by atoms with E-state index >= 15 is 0 Å². The second-order valence-corrected chi connectivity index (χ2v) is 5.60. The first kappa shape index (κ1) is 17.9. The van der Waals surface area contributed by atoms with E-state index in [1.807, 2.05) is 36.4 Å². The number of ether oxygens (including phenoxy) is 1. The summed E-state index contributed by atoms with van der Waals surface area (Å²) in [6, 6.07) is 17.1. The van der Waals surface area contributed by atoms with Crippen LogP contribution in [-0.2, 0) is 4.79 Å². The molecule has 0 aliphatic heterocycles. The van der Waals surface area contributed by atoms with E-state index in [2.05, 4.69) is 10.5 Å². The summed E-state index contributed by atoms with van der Waals surface area (Å²) in [7, 11) is 0. The third-order valence-corrected chi connectivity index (χ3v) is 3.69. The van der Waals surface area contributed by atoms with Crippen molar-refractivity contribution < 1.29 is 19.6 Å². The van der Waals surface area contributed by atoms with Crippen molar-refractivity contribution in [1.82, 2.24) is 5.43 Å². The smallest absolute Gasteiger partial charge is 0.310 e. The van der Waals surface area contributed by atoms with Gasteiger partial charge in [0, 0.05) is 6.07 Å². The number of nitrogens with zero attached hydrogens (tertiary/aromatic N) is 2. The quantitative estimate of drug-likeness (QED) is 0.396. The Kier molecular flexibility index (Phi) is 5.27. The number of amides is 1. The Morgan fingerprint density at radius 1 is 1.15 bits per heavy atom. The molecule has 8 nitrogen and oxygen atoms in total. The van der Waals surface area contributed by atoms with E-state index in [0.29, 0.717) is 11.3 Å². The van der Waals surface area contributed by atoms with Gasteiger partial charge < -0.3 is 9.84 Å². The van der Waals surface area contributed by atoms with Crippen molar-refractivity contribution in [3.05, 3.63) is 76.3 Å². The third kappa shape index (κ3) is 4.57. The Morgan fingerprint density at radius 2 is 1.93 bits per heavy atom. The predicted molar refractivity (Wildman–Crippen MR) is 99.9 cm³/mol. The highest BCUT2D eigenvalue weighted by atomic mass is 16.6. The molecule has 0 saturated heterocycles. The molecular weight excluding hydrogens is 350 g/mol. The van der Waals surface area contributed by atoms with E-state index in [4.69, 9.17) is 4.74 Å². The molecular formula is C19H15N3O5. The first-order valence-electron chi connectivity index (χ1n) is 7.94. The lowest BCUT2D eigenvalue weighted by Gasteiger charge is -2.06. The zero-order chi connectivity index (χ0) is 19.2. The molecule has 0 aromatic heterocycles. The SMILES string of the molecule is O=C(COc1ccc2ccccc2c1)N/N=C/c1ccc([N+](=O)[O-])c(O)c1. The number of fused-ring (bicyclic) bond motifs is 1. The number of aromatic hydroxyl groups is 1. The lowest BCUT2D eigenvalue weighted by molar-refractivity contribution is -0.385. The molecule has 2 N–H and O–H groups in total. The molecule has 0 aliphatic rings. The van der Waals surface area contributed by atoms with Gasteiger partial charge in [-0.25, -0.2) is 5.43 Å². The minimum Gasteiger partial charge on any atom is -0.502 e. The third-order valence-electron chi connectivity index (χ3n) is 3.69. The molecule has 0 aliphatic carbocycles. The lowest BCUT2D eigenvalue weighted by atomic mass is 10.1. The molecule has 3 aromatic rings. The number of hydrogen-bond acceptors (Lipinski definition) is 6. The van der Waals surface area contributed by atoms with E-state index < -0.39 is 22.3 Å². The van der Waals surface area contributed by atoms with E-state index in [9.17, 15) is 20.0 Å². The maximum absolute atomic E-state index is 11.8. The van der Waals surface area contributed by atoms with Gasteiger partial charge in [-0.05, 0) is 40.6 Å². The predicted octanol–water partition coefficient (Wildman–Crippen LogP) is 2.98. The van der Waals surface area contributed by atoms with Crippen LogP contribution in [0.5, 0.6) is 11.5 Å². The monoisotopic (exact) mass is 365 g/mol. The van der Waals surface area contributed by atoms with Crippen LogP contribution in [0.1, 0.15) is 5.56 Å². The zero-order valence-electron chi connectivity index (χ0n) is 14.0. The van der Waals surface area contributed by atoms with Crippen LogP contribution in [0.25, 0.3) is 10.8 Å². The average molecular weight is 365 g/mol. The number of nitro groups is 1. The first-order valence-corrected chi connectivity index (χ1v) is 7.94. The number of phenolic OH excluding ortho intramolecular Hbond substituents is 1. The van der Waals surface area contributed by atoms with Gasteiger partial charge in [0.05, 0.1) is 11.1 Å². The van der Waals surface area contributed by atoms with Crippen LogP contribution in [0.3, 0.4) is 0 Å². The van der Waals surface area contributed by atoms with Gasteiger partial charge in [-0.2, -0.15) is 5.10 Å². The fraction of sp³-hybridized carbons (Fsp3) is 0.0526. The fourth-order valence-corrected chi connectivity index (χ4v) is 2.39. The van der Waals surface area contributed by atoms with Gasteiger partial charge in [0.2, 0.25) is 0 Å². The molecule has 3 aromatic carbocycles. The molecule has 27 heavy (non-hydrogen) atoms. The molecule has 0 bridgehead atoms. The molecule has 1 amide bonds. The second-order valence-electron chi connectivity index (χ2n) is 5.60. The zero-order valence-corrected chi connectivity index (χ0v) is 14.0. The number of nitrogens with one attached hydrogen (secondary N) is 1. The van der Waals surface area contributed by atoms with Crippen LogP contribution < -0.4 is 10.2 Å². The van der Waals surface area contributed by atoms with Gasteiger partial charge in [-0.1, -0.05) is 30.3 Å². The minimum atomic E-state index is -0.692. The summed E-state index contributed by atoms with van der Waals surface area (Å²) in [6.45, 7) is -0.221. The molecule has 3 rings (SSSR count). The topological polar surface area (TPSA) is 114 Å². The van der Waals surface area contributed by atoms with Crippen molar-refractivity contribution >= 4 is 28.6 Å². The molecule has 0 spiro atoms. The molecule has 0 atom stereocenters. The Morgan fingerprint density at radius 3 is 2.67 bits per heavy atom. The second kappa shape index (κ2) is 7.96. The molecule has 0 radical (unpaired) electrons. The Labute approximate surface area is 153 Å². The van der Waals surface area contributed by atoms with Gasteiger partial charge in [-0.3, -0.25) is 14.9 Å². The highest BCUT2D eigenvalue weighted by Gasteiger charge is 2.12. The van der Waals surface area contributed by atoms with Gasteiger partial charge in [0.25, 0.3) is 5.91 Å². The summed E-state index contributed by atoms with van der Waals surface area (Å²) < 4.78 is 5.44.